The molecular formula is C11H14F2N5O7P. The number of halogens is 2. The Morgan fingerprint density at radius 3 is 2.81 bits per heavy atom. The molecule has 0 amide bonds. The summed E-state index contributed by atoms with van der Waals surface area (Å²) in [7, 11) is -5.19. The summed E-state index contributed by atoms with van der Waals surface area (Å²) in [5.74, 6) is -0.227. The predicted octanol–water partition coefficient (Wildman–Crippen LogP) is -1.25. The van der Waals surface area contributed by atoms with Gasteiger partial charge in [0.05, 0.1) is 12.9 Å². The highest BCUT2D eigenvalue weighted by Gasteiger charge is 2.46. The fourth-order valence-electron chi connectivity index (χ4n) is 2.46. The Kier molecular flexibility index (Phi) is 4.81. The minimum absolute atomic E-state index is 0.0514. The second-order valence-corrected chi connectivity index (χ2v) is 7.24. The van der Waals surface area contributed by atoms with Crippen LogP contribution in [0.25, 0.3) is 11.2 Å². The van der Waals surface area contributed by atoms with Crippen molar-refractivity contribution in [2.45, 2.75) is 30.7 Å². The maximum Gasteiger partial charge on any atom is 0.394 e. The highest BCUT2D eigenvalue weighted by atomic mass is 31.2. The van der Waals surface area contributed by atoms with Gasteiger partial charge in [-0.05, 0) is 0 Å². The monoisotopic (exact) mass is 397 g/mol. The van der Waals surface area contributed by atoms with Gasteiger partial charge in [0.2, 0.25) is 5.95 Å². The maximum atomic E-state index is 12.4. The molecule has 6 N–H and O–H groups in total. The lowest BCUT2D eigenvalue weighted by Gasteiger charge is -2.17. The SMILES string of the molecule is Nc1nc2c(ncn2C2O[C@H](COP(=O)(O)C(F)F)[C@@H](O)[C@H]2O)c(=O)[nH]1. The summed E-state index contributed by atoms with van der Waals surface area (Å²) in [4.78, 5) is 30.6. The van der Waals surface area contributed by atoms with Crippen LogP contribution in [0.3, 0.4) is 0 Å². The van der Waals surface area contributed by atoms with E-state index in [-0.39, 0.29) is 17.1 Å². The van der Waals surface area contributed by atoms with Gasteiger partial charge in [0.1, 0.15) is 18.3 Å². The molecule has 3 rings (SSSR count). The van der Waals surface area contributed by atoms with Gasteiger partial charge < -0.3 is 30.1 Å². The van der Waals surface area contributed by atoms with Crippen LogP contribution in [0.1, 0.15) is 6.23 Å². The summed E-state index contributed by atoms with van der Waals surface area (Å²) in [5.41, 5.74) is 4.65. The van der Waals surface area contributed by atoms with Crippen LogP contribution in [-0.2, 0) is 13.8 Å². The number of fused-ring (bicyclic) bond motifs is 1. The van der Waals surface area contributed by atoms with Crippen LogP contribution in [0.4, 0.5) is 14.7 Å². The molecule has 0 aliphatic carbocycles. The molecule has 2 aromatic rings. The predicted molar refractivity (Wildman–Crippen MR) is 80.3 cm³/mol. The molecule has 0 spiro atoms. The summed E-state index contributed by atoms with van der Waals surface area (Å²) < 4.78 is 46.5. The molecule has 0 bridgehead atoms. The molecule has 5 atom stereocenters. The number of nitrogens with two attached hydrogens (primary N) is 1. The molecule has 0 radical (unpaired) electrons. The van der Waals surface area contributed by atoms with Gasteiger partial charge in [0.25, 0.3) is 5.56 Å². The molecule has 26 heavy (non-hydrogen) atoms. The average Bonchev–Trinajstić information content (AvgIpc) is 3.08. The van der Waals surface area contributed by atoms with Crippen LogP contribution in [0.5, 0.6) is 0 Å². The van der Waals surface area contributed by atoms with Gasteiger partial charge in [-0.15, -0.1) is 0 Å². The van der Waals surface area contributed by atoms with E-state index in [4.69, 9.17) is 15.4 Å². The first kappa shape index (κ1) is 18.8. The fraction of sp³-hybridized carbons (Fsp3) is 0.545. The van der Waals surface area contributed by atoms with Crippen molar-refractivity contribution in [3.8, 4) is 0 Å². The average molecular weight is 397 g/mol. The van der Waals surface area contributed by atoms with E-state index in [1.54, 1.807) is 0 Å². The number of nitrogens with one attached hydrogen (secondary N) is 1. The van der Waals surface area contributed by atoms with Crippen molar-refractivity contribution in [2.75, 3.05) is 12.3 Å². The first-order valence-electron chi connectivity index (χ1n) is 7.11. The number of nitrogen functional groups attached to an aromatic ring is 1. The highest BCUT2D eigenvalue weighted by molar-refractivity contribution is 7.53. The van der Waals surface area contributed by atoms with Gasteiger partial charge in [-0.25, -0.2) is 4.98 Å². The van der Waals surface area contributed by atoms with E-state index in [2.05, 4.69) is 19.5 Å². The molecule has 12 nitrogen and oxygen atoms in total. The summed E-state index contributed by atoms with van der Waals surface area (Å²) in [6.07, 6.45) is -8.46. The number of hydrogen-bond acceptors (Lipinski definition) is 9. The zero-order valence-corrected chi connectivity index (χ0v) is 13.7. The highest BCUT2D eigenvalue weighted by Crippen LogP contribution is 2.49. The number of nitrogens with zero attached hydrogens (tertiary/aromatic N) is 3. The number of rotatable bonds is 5. The Balaban J connectivity index is 1.84. The summed E-state index contributed by atoms with van der Waals surface area (Å²) in [5, 5.41) is 20.1. The largest absolute Gasteiger partial charge is 0.394 e. The van der Waals surface area contributed by atoms with Crippen LogP contribution in [0, 0.1) is 0 Å². The van der Waals surface area contributed by atoms with E-state index in [1.165, 1.54) is 0 Å². The molecule has 1 fully saturated rings. The number of anilines is 1. The number of aromatic nitrogens is 4. The number of aliphatic hydroxyl groups excluding tert-OH is 2. The second kappa shape index (κ2) is 6.64. The van der Waals surface area contributed by atoms with Crippen molar-refractivity contribution in [1.29, 1.82) is 0 Å². The Morgan fingerprint density at radius 2 is 2.15 bits per heavy atom. The third-order valence-corrected chi connectivity index (χ3v) is 4.74. The van der Waals surface area contributed by atoms with Crippen molar-refractivity contribution in [3.63, 3.8) is 0 Å². The molecule has 1 saturated heterocycles. The fourth-order valence-corrected chi connectivity index (χ4v) is 2.94. The van der Waals surface area contributed by atoms with Gasteiger partial charge in [-0.2, -0.15) is 13.8 Å². The summed E-state index contributed by atoms with van der Waals surface area (Å²) in [6.45, 7) is -0.879. The lowest BCUT2D eigenvalue weighted by Crippen LogP contribution is -2.33. The Labute approximate surface area is 142 Å². The number of H-pyrrole nitrogens is 1. The van der Waals surface area contributed by atoms with Crippen molar-refractivity contribution in [2.24, 2.45) is 0 Å². The van der Waals surface area contributed by atoms with E-state index in [0.717, 1.165) is 10.9 Å². The van der Waals surface area contributed by atoms with Gasteiger partial charge in [-0.3, -0.25) is 18.9 Å². The Hall–Kier alpha value is -1.96. The number of aromatic amines is 1. The Bertz CT molecular complexity index is 920. The molecule has 144 valence electrons. The zero-order valence-electron chi connectivity index (χ0n) is 12.8. The normalized spacial score (nSPS) is 28.7. The van der Waals surface area contributed by atoms with Crippen molar-refractivity contribution < 1.29 is 37.7 Å². The quantitative estimate of drug-likeness (QED) is 0.382. The Morgan fingerprint density at radius 1 is 1.46 bits per heavy atom. The van der Waals surface area contributed by atoms with E-state index in [1.807, 2.05) is 0 Å². The maximum absolute atomic E-state index is 12.4. The minimum Gasteiger partial charge on any atom is -0.387 e. The molecule has 15 heteroatoms. The number of aliphatic hydroxyl groups is 2. The number of imidazole rings is 1. The van der Waals surface area contributed by atoms with Gasteiger partial charge in [0.15, 0.2) is 17.4 Å². The molecular weight excluding hydrogens is 383 g/mol. The van der Waals surface area contributed by atoms with Crippen LogP contribution < -0.4 is 11.3 Å². The van der Waals surface area contributed by atoms with E-state index in [0.29, 0.717) is 0 Å². The second-order valence-electron chi connectivity index (χ2n) is 5.46. The molecule has 3 heterocycles. The van der Waals surface area contributed by atoms with E-state index in [9.17, 15) is 28.4 Å². The lowest BCUT2D eigenvalue weighted by molar-refractivity contribution is -0.0497. The van der Waals surface area contributed by atoms with Crippen molar-refractivity contribution in [3.05, 3.63) is 16.7 Å². The first-order chi connectivity index (χ1) is 12.1. The van der Waals surface area contributed by atoms with Gasteiger partial charge in [-0.1, -0.05) is 0 Å². The van der Waals surface area contributed by atoms with Crippen LogP contribution >= 0.6 is 7.60 Å². The van der Waals surface area contributed by atoms with Crippen molar-refractivity contribution in [1.82, 2.24) is 19.5 Å². The molecule has 0 aromatic carbocycles. The summed E-state index contributed by atoms with van der Waals surface area (Å²) >= 11 is 0. The topological polar surface area (TPSA) is 186 Å². The molecule has 2 unspecified atom stereocenters. The van der Waals surface area contributed by atoms with Crippen molar-refractivity contribution >= 4 is 24.7 Å². The van der Waals surface area contributed by atoms with Crippen LogP contribution in [0.2, 0.25) is 0 Å². The number of hydrogen-bond donors (Lipinski definition) is 5. The third-order valence-electron chi connectivity index (χ3n) is 3.73. The summed E-state index contributed by atoms with van der Waals surface area (Å²) in [6, 6.07) is 0. The van der Waals surface area contributed by atoms with E-state index >= 15 is 0 Å². The third kappa shape index (κ3) is 3.22. The van der Waals surface area contributed by atoms with Gasteiger partial charge in [0, 0.05) is 0 Å². The molecule has 0 saturated carbocycles. The molecule has 1 aliphatic heterocycles. The van der Waals surface area contributed by atoms with Crippen LogP contribution in [0.15, 0.2) is 11.1 Å². The molecule has 1 aliphatic rings. The van der Waals surface area contributed by atoms with Gasteiger partial charge >= 0.3 is 13.8 Å². The number of ether oxygens (including phenoxy) is 1. The zero-order chi connectivity index (χ0) is 19.2. The smallest absolute Gasteiger partial charge is 0.387 e. The molecule has 2 aromatic heterocycles. The lowest BCUT2D eigenvalue weighted by atomic mass is 10.1. The van der Waals surface area contributed by atoms with E-state index < -0.39 is 50.5 Å². The number of alkyl halides is 2. The minimum atomic E-state index is -5.19. The standard InChI is InChI=1S/C11H14F2N5O7P/c12-10(13)26(22,23)24-1-3-5(19)6(20)9(25-3)18-2-15-4-7(18)16-11(14)17-8(4)21/h2-3,5-6,9-10,19-20H,1H2,(H,22,23)(H3,14,16,17,21)/t3-,5-,6-,9?/m1/s1. The first-order valence-corrected chi connectivity index (χ1v) is 8.75. The van der Waals surface area contributed by atoms with Crippen LogP contribution in [-0.4, -0.2) is 65.7 Å².